The van der Waals surface area contributed by atoms with Gasteiger partial charge in [0.1, 0.15) is 23.2 Å². The third kappa shape index (κ3) is 2.23. The summed E-state index contributed by atoms with van der Waals surface area (Å²) in [5.74, 6) is 1.32. The Hall–Kier alpha value is -1.84. The Bertz CT molecular complexity index is 546. The fourth-order valence-electron chi connectivity index (χ4n) is 2.13. The van der Waals surface area contributed by atoms with Gasteiger partial charge >= 0.3 is 0 Å². The molecule has 0 spiro atoms. The Labute approximate surface area is 106 Å². The lowest BCUT2D eigenvalue weighted by molar-refractivity contribution is 0.628. The van der Waals surface area contributed by atoms with Crippen molar-refractivity contribution in [1.82, 2.24) is 9.55 Å². The summed E-state index contributed by atoms with van der Waals surface area (Å²) in [5.41, 5.74) is 7.52. The van der Waals surface area contributed by atoms with Gasteiger partial charge in [0.15, 0.2) is 0 Å². The van der Waals surface area contributed by atoms with Crippen LogP contribution in [0.4, 0.5) is 10.2 Å². The van der Waals surface area contributed by atoms with Crippen molar-refractivity contribution in [3.05, 3.63) is 35.9 Å². The summed E-state index contributed by atoms with van der Waals surface area (Å²) in [6.45, 7) is 4.92. The molecule has 0 fully saturated rings. The lowest BCUT2D eigenvalue weighted by Crippen LogP contribution is -2.05. The fraction of sp³-hybridized carbons (Fsp3) is 0.357. The molecule has 4 heteroatoms. The number of anilines is 1. The van der Waals surface area contributed by atoms with Gasteiger partial charge in [-0.25, -0.2) is 9.37 Å². The number of nitrogen functional groups attached to an aromatic ring is 1. The molecule has 1 heterocycles. The van der Waals surface area contributed by atoms with Crippen LogP contribution >= 0.6 is 0 Å². The first kappa shape index (κ1) is 12.6. The van der Waals surface area contributed by atoms with Gasteiger partial charge in [-0.2, -0.15) is 0 Å². The molecule has 1 aromatic carbocycles. The normalized spacial score (nSPS) is 10.8. The topological polar surface area (TPSA) is 43.8 Å². The molecule has 3 nitrogen and oxygen atoms in total. The first-order valence-electron chi connectivity index (χ1n) is 6.28. The molecule has 0 bridgehead atoms. The Morgan fingerprint density at radius 2 is 2.11 bits per heavy atom. The number of nitrogens with two attached hydrogens (primary N) is 1. The number of rotatable bonds is 4. The average Bonchev–Trinajstić information content (AvgIpc) is 2.66. The highest BCUT2D eigenvalue weighted by atomic mass is 19.1. The molecule has 0 atom stereocenters. The van der Waals surface area contributed by atoms with Crippen molar-refractivity contribution in [1.29, 1.82) is 0 Å². The van der Waals surface area contributed by atoms with Crippen molar-refractivity contribution in [2.24, 2.45) is 0 Å². The van der Waals surface area contributed by atoms with Crippen LogP contribution < -0.4 is 5.73 Å². The van der Waals surface area contributed by atoms with Crippen LogP contribution in [0.5, 0.6) is 0 Å². The zero-order chi connectivity index (χ0) is 13.1. The molecule has 1 aromatic heterocycles. The van der Waals surface area contributed by atoms with E-state index in [-0.39, 0.29) is 5.82 Å². The van der Waals surface area contributed by atoms with E-state index < -0.39 is 0 Å². The zero-order valence-corrected chi connectivity index (χ0v) is 10.8. The van der Waals surface area contributed by atoms with Crippen molar-refractivity contribution in [3.63, 3.8) is 0 Å². The van der Waals surface area contributed by atoms with Crippen molar-refractivity contribution in [2.75, 3.05) is 5.73 Å². The molecule has 2 N–H and O–H groups in total. The fourth-order valence-corrected chi connectivity index (χ4v) is 2.13. The Balaban J connectivity index is 2.51. The van der Waals surface area contributed by atoms with Gasteiger partial charge in [-0.15, -0.1) is 0 Å². The van der Waals surface area contributed by atoms with Crippen LogP contribution in [-0.4, -0.2) is 9.55 Å². The number of halogens is 1. The number of aromatic nitrogens is 2. The van der Waals surface area contributed by atoms with Gasteiger partial charge in [0.2, 0.25) is 0 Å². The third-order valence-electron chi connectivity index (χ3n) is 2.97. The molecule has 18 heavy (non-hydrogen) atoms. The van der Waals surface area contributed by atoms with Crippen LogP contribution in [0.2, 0.25) is 0 Å². The third-order valence-corrected chi connectivity index (χ3v) is 2.97. The molecule has 0 saturated carbocycles. The van der Waals surface area contributed by atoms with Crippen molar-refractivity contribution in [2.45, 2.75) is 33.2 Å². The van der Waals surface area contributed by atoms with Crippen molar-refractivity contribution >= 4 is 5.82 Å². The van der Waals surface area contributed by atoms with Gasteiger partial charge in [0.05, 0.1) is 0 Å². The molecule has 0 aliphatic rings. The number of hydrogen-bond donors (Lipinski definition) is 1. The Kier molecular flexibility index (Phi) is 3.65. The van der Waals surface area contributed by atoms with E-state index in [9.17, 15) is 4.39 Å². The Morgan fingerprint density at radius 1 is 1.33 bits per heavy atom. The Morgan fingerprint density at radius 3 is 2.72 bits per heavy atom. The average molecular weight is 247 g/mol. The smallest absolute Gasteiger partial charge is 0.131 e. The van der Waals surface area contributed by atoms with Crippen LogP contribution in [-0.2, 0) is 13.0 Å². The molecule has 0 radical (unpaired) electrons. The minimum absolute atomic E-state index is 0.269. The monoisotopic (exact) mass is 247 g/mol. The van der Waals surface area contributed by atoms with E-state index in [2.05, 4.69) is 11.9 Å². The van der Waals surface area contributed by atoms with E-state index in [4.69, 9.17) is 5.73 Å². The number of imidazole rings is 1. The molecule has 0 saturated heterocycles. The van der Waals surface area contributed by atoms with E-state index >= 15 is 0 Å². The second-order valence-corrected chi connectivity index (χ2v) is 4.27. The summed E-state index contributed by atoms with van der Waals surface area (Å²) in [7, 11) is 0. The maximum absolute atomic E-state index is 13.2. The lowest BCUT2D eigenvalue weighted by Gasteiger charge is -2.05. The summed E-state index contributed by atoms with van der Waals surface area (Å²) >= 11 is 0. The molecule has 2 rings (SSSR count). The summed E-state index contributed by atoms with van der Waals surface area (Å²) < 4.78 is 15.2. The first-order valence-corrected chi connectivity index (χ1v) is 6.28. The number of aryl methyl sites for hydroxylation is 1. The predicted octanol–water partition coefficient (Wildman–Crippen LogP) is 3.24. The highest BCUT2D eigenvalue weighted by molar-refractivity contribution is 5.71. The first-order chi connectivity index (χ1) is 8.67. The van der Waals surface area contributed by atoms with Crippen molar-refractivity contribution in [3.8, 4) is 11.3 Å². The van der Waals surface area contributed by atoms with Gasteiger partial charge in [0, 0.05) is 18.5 Å². The largest absolute Gasteiger partial charge is 0.383 e. The van der Waals surface area contributed by atoms with Gasteiger partial charge < -0.3 is 10.3 Å². The summed E-state index contributed by atoms with van der Waals surface area (Å²) in [6.07, 6.45) is 1.90. The molecular formula is C14H18FN3. The molecule has 0 aliphatic carbocycles. The minimum atomic E-state index is -0.269. The quantitative estimate of drug-likeness (QED) is 0.901. The number of nitrogens with zero attached hydrogens (tertiary/aromatic N) is 2. The summed E-state index contributed by atoms with van der Waals surface area (Å²) in [5, 5.41) is 0. The van der Waals surface area contributed by atoms with Crippen LogP contribution in [0.1, 0.15) is 26.1 Å². The molecule has 0 unspecified atom stereocenters. The molecule has 0 aliphatic heterocycles. The van der Waals surface area contributed by atoms with E-state index in [0.717, 1.165) is 30.8 Å². The standard InChI is InChI=1S/C14H18FN3/c1-3-6-12-17-13(14(16)18(12)4-2)10-7-5-8-11(15)9-10/h5,7-9H,3-4,6,16H2,1-2H3. The minimum Gasteiger partial charge on any atom is -0.383 e. The number of benzene rings is 1. The summed E-state index contributed by atoms with van der Waals surface area (Å²) in [6, 6.07) is 6.39. The van der Waals surface area contributed by atoms with Crippen LogP contribution in [0, 0.1) is 5.82 Å². The van der Waals surface area contributed by atoms with Gasteiger partial charge in [0.25, 0.3) is 0 Å². The maximum Gasteiger partial charge on any atom is 0.131 e. The van der Waals surface area contributed by atoms with Gasteiger partial charge in [-0.1, -0.05) is 19.1 Å². The predicted molar refractivity (Wildman–Crippen MR) is 71.7 cm³/mol. The van der Waals surface area contributed by atoms with Gasteiger partial charge in [-0.3, -0.25) is 0 Å². The zero-order valence-electron chi connectivity index (χ0n) is 10.8. The summed E-state index contributed by atoms with van der Waals surface area (Å²) in [4.78, 5) is 4.55. The van der Waals surface area contributed by atoms with E-state index in [1.54, 1.807) is 6.07 Å². The van der Waals surface area contributed by atoms with E-state index in [1.807, 2.05) is 17.6 Å². The molecular weight excluding hydrogens is 229 g/mol. The van der Waals surface area contributed by atoms with E-state index in [0.29, 0.717) is 11.5 Å². The lowest BCUT2D eigenvalue weighted by atomic mass is 10.1. The van der Waals surface area contributed by atoms with Crippen LogP contribution in [0.3, 0.4) is 0 Å². The van der Waals surface area contributed by atoms with Crippen molar-refractivity contribution < 1.29 is 4.39 Å². The second-order valence-electron chi connectivity index (χ2n) is 4.27. The SMILES string of the molecule is CCCc1nc(-c2cccc(F)c2)c(N)n1CC. The van der Waals surface area contributed by atoms with Crippen LogP contribution in [0.15, 0.2) is 24.3 Å². The highest BCUT2D eigenvalue weighted by Gasteiger charge is 2.14. The highest BCUT2D eigenvalue weighted by Crippen LogP contribution is 2.27. The number of hydrogen-bond acceptors (Lipinski definition) is 2. The maximum atomic E-state index is 13.2. The molecule has 96 valence electrons. The van der Waals surface area contributed by atoms with Crippen LogP contribution in [0.25, 0.3) is 11.3 Å². The second kappa shape index (κ2) is 5.21. The van der Waals surface area contributed by atoms with Gasteiger partial charge in [-0.05, 0) is 25.5 Å². The molecule has 0 amide bonds. The van der Waals surface area contributed by atoms with E-state index in [1.165, 1.54) is 12.1 Å². The molecule has 2 aromatic rings.